The lowest BCUT2D eigenvalue weighted by atomic mass is 10.1. The zero-order valence-electron chi connectivity index (χ0n) is 15.7. The van der Waals surface area contributed by atoms with Crippen LogP contribution in [-0.2, 0) is 4.79 Å². The first-order valence-corrected chi connectivity index (χ1v) is 8.52. The highest BCUT2D eigenvalue weighted by molar-refractivity contribution is 6.10. The molecular weight excluding hydrogens is 340 g/mol. The first-order chi connectivity index (χ1) is 12.9. The minimum atomic E-state index is -0.436. The van der Waals surface area contributed by atoms with E-state index >= 15 is 0 Å². The number of nitriles is 1. The van der Waals surface area contributed by atoms with Gasteiger partial charge in [0.15, 0.2) is 5.82 Å². The molecule has 1 N–H and O–H groups in total. The monoisotopic (exact) mass is 360 g/mol. The molecule has 6 heteroatoms. The lowest BCUT2D eigenvalue weighted by Crippen LogP contribution is -2.14. The summed E-state index contributed by atoms with van der Waals surface area (Å²) in [7, 11) is 0. The number of aryl methyl sites for hydroxylation is 3. The molecule has 1 aromatic carbocycles. The van der Waals surface area contributed by atoms with Crippen molar-refractivity contribution in [2.45, 2.75) is 27.7 Å². The molecule has 136 valence electrons. The maximum Gasteiger partial charge on any atom is 0.266 e. The highest BCUT2D eigenvalue weighted by Gasteiger charge is 2.16. The number of aromatic nitrogens is 2. The molecule has 3 aromatic rings. The molecule has 0 unspecified atom stereocenters. The molecule has 0 aliphatic carbocycles. The topological polar surface area (TPSA) is 83.9 Å². The smallest absolute Gasteiger partial charge is 0.266 e. The lowest BCUT2D eigenvalue weighted by Gasteiger charge is -2.07. The van der Waals surface area contributed by atoms with Crippen LogP contribution in [0.1, 0.15) is 28.3 Å². The Morgan fingerprint density at radius 1 is 1.22 bits per heavy atom. The normalized spacial score (nSPS) is 11.3. The van der Waals surface area contributed by atoms with Gasteiger partial charge in [-0.2, -0.15) is 5.26 Å². The van der Waals surface area contributed by atoms with E-state index in [0.717, 1.165) is 22.5 Å². The largest absolute Gasteiger partial charge is 0.360 e. The summed E-state index contributed by atoms with van der Waals surface area (Å²) in [6.07, 6.45) is 1.60. The van der Waals surface area contributed by atoms with Crippen LogP contribution in [0.2, 0.25) is 0 Å². The number of anilines is 1. The average Bonchev–Trinajstić information content (AvgIpc) is 3.17. The molecule has 2 aromatic heterocycles. The van der Waals surface area contributed by atoms with Gasteiger partial charge in [-0.3, -0.25) is 9.36 Å². The van der Waals surface area contributed by atoms with E-state index in [2.05, 4.69) is 10.5 Å². The van der Waals surface area contributed by atoms with E-state index < -0.39 is 5.91 Å². The molecular formula is C21H20N4O2. The zero-order valence-corrected chi connectivity index (χ0v) is 15.7. The van der Waals surface area contributed by atoms with Gasteiger partial charge < -0.3 is 9.84 Å². The fraction of sp³-hybridized carbons (Fsp3) is 0.190. The number of hydrogen-bond donors (Lipinski definition) is 1. The van der Waals surface area contributed by atoms with Crippen LogP contribution in [0.15, 0.2) is 46.5 Å². The first-order valence-electron chi connectivity index (χ1n) is 8.52. The number of benzene rings is 1. The van der Waals surface area contributed by atoms with Crippen LogP contribution in [0.3, 0.4) is 0 Å². The Morgan fingerprint density at radius 3 is 2.59 bits per heavy atom. The zero-order chi connectivity index (χ0) is 19.6. The summed E-state index contributed by atoms with van der Waals surface area (Å²) in [6.45, 7) is 7.58. The van der Waals surface area contributed by atoms with E-state index in [4.69, 9.17) is 4.52 Å². The maximum absolute atomic E-state index is 12.5. The van der Waals surface area contributed by atoms with Crippen molar-refractivity contribution in [2.24, 2.45) is 0 Å². The summed E-state index contributed by atoms with van der Waals surface area (Å²) in [5.41, 5.74) is 4.25. The Bertz CT molecular complexity index is 1080. The number of carbonyl (C=O) groups excluding carboxylic acids is 1. The molecule has 0 aliphatic heterocycles. The van der Waals surface area contributed by atoms with E-state index in [0.29, 0.717) is 17.3 Å². The molecule has 6 nitrogen and oxygen atoms in total. The van der Waals surface area contributed by atoms with Gasteiger partial charge >= 0.3 is 0 Å². The van der Waals surface area contributed by atoms with Crippen LogP contribution < -0.4 is 5.32 Å². The average molecular weight is 360 g/mol. The van der Waals surface area contributed by atoms with Crippen molar-refractivity contribution in [3.05, 3.63) is 70.2 Å². The van der Waals surface area contributed by atoms with E-state index in [1.54, 1.807) is 12.1 Å². The molecule has 0 radical (unpaired) electrons. The number of amides is 1. The fourth-order valence-corrected chi connectivity index (χ4v) is 2.95. The number of para-hydroxylation sites is 1. The molecule has 0 bridgehead atoms. The second kappa shape index (κ2) is 7.34. The third-order valence-corrected chi connectivity index (χ3v) is 4.37. The van der Waals surface area contributed by atoms with Gasteiger partial charge in [-0.25, -0.2) is 0 Å². The summed E-state index contributed by atoms with van der Waals surface area (Å²) in [6, 6.07) is 13.2. The van der Waals surface area contributed by atoms with Gasteiger partial charge in [0.1, 0.15) is 17.4 Å². The first kappa shape index (κ1) is 18.2. The van der Waals surface area contributed by atoms with Crippen molar-refractivity contribution in [3.8, 4) is 11.9 Å². The van der Waals surface area contributed by atoms with Crippen LogP contribution >= 0.6 is 0 Å². The van der Waals surface area contributed by atoms with Gasteiger partial charge in [-0.05, 0) is 57.0 Å². The van der Waals surface area contributed by atoms with E-state index in [1.807, 2.05) is 68.7 Å². The molecule has 0 saturated heterocycles. The molecule has 2 heterocycles. The van der Waals surface area contributed by atoms with E-state index in [9.17, 15) is 10.1 Å². The summed E-state index contributed by atoms with van der Waals surface area (Å²) >= 11 is 0. The van der Waals surface area contributed by atoms with Crippen LogP contribution in [-0.4, -0.2) is 15.6 Å². The predicted molar refractivity (Wildman–Crippen MR) is 103 cm³/mol. The number of nitrogens with zero attached hydrogens (tertiary/aromatic N) is 3. The van der Waals surface area contributed by atoms with Crippen LogP contribution in [0, 0.1) is 39.0 Å². The van der Waals surface area contributed by atoms with Crippen molar-refractivity contribution in [1.82, 2.24) is 9.72 Å². The molecule has 1 amide bonds. The Kier molecular flexibility index (Phi) is 4.95. The van der Waals surface area contributed by atoms with Crippen molar-refractivity contribution in [3.63, 3.8) is 0 Å². The molecule has 27 heavy (non-hydrogen) atoms. The molecule has 3 rings (SSSR count). The Morgan fingerprint density at radius 2 is 1.96 bits per heavy atom. The molecule has 0 fully saturated rings. The van der Waals surface area contributed by atoms with Crippen molar-refractivity contribution in [2.75, 3.05) is 5.32 Å². The SMILES string of the molecule is Cc1cc(-n2c(C)cc(/C=C(\C#N)C(=O)Nc3ccccc3C)c2C)no1. The molecule has 0 atom stereocenters. The maximum atomic E-state index is 12.5. The van der Waals surface area contributed by atoms with Crippen LogP contribution in [0.25, 0.3) is 11.9 Å². The van der Waals surface area contributed by atoms with Crippen molar-refractivity contribution in [1.29, 1.82) is 5.26 Å². The van der Waals surface area contributed by atoms with Gasteiger partial charge in [0.25, 0.3) is 5.91 Å². The highest BCUT2D eigenvalue weighted by atomic mass is 16.5. The summed E-state index contributed by atoms with van der Waals surface area (Å²) < 4.78 is 7.08. The van der Waals surface area contributed by atoms with Gasteiger partial charge in [-0.1, -0.05) is 23.4 Å². The van der Waals surface area contributed by atoms with Gasteiger partial charge in [0, 0.05) is 23.1 Å². The minimum Gasteiger partial charge on any atom is -0.360 e. The summed E-state index contributed by atoms with van der Waals surface area (Å²) in [4.78, 5) is 12.5. The lowest BCUT2D eigenvalue weighted by molar-refractivity contribution is -0.112. The number of carbonyl (C=O) groups is 1. The Labute approximate surface area is 157 Å². The van der Waals surface area contributed by atoms with Crippen LogP contribution in [0.5, 0.6) is 0 Å². The number of rotatable bonds is 4. The predicted octanol–water partition coefficient (Wildman–Crippen LogP) is 4.24. The summed E-state index contributed by atoms with van der Waals surface area (Å²) in [5.74, 6) is 0.948. The Hall–Kier alpha value is -3.59. The fourth-order valence-electron chi connectivity index (χ4n) is 2.95. The van der Waals surface area contributed by atoms with E-state index in [-0.39, 0.29) is 5.57 Å². The third kappa shape index (κ3) is 3.67. The van der Waals surface area contributed by atoms with Gasteiger partial charge in [0.05, 0.1) is 0 Å². The summed E-state index contributed by atoms with van der Waals surface area (Å²) in [5, 5.41) is 16.3. The molecule has 0 aliphatic rings. The number of hydrogen-bond acceptors (Lipinski definition) is 4. The van der Waals surface area contributed by atoms with E-state index in [1.165, 1.54) is 0 Å². The minimum absolute atomic E-state index is 0.0369. The van der Waals surface area contributed by atoms with Gasteiger partial charge in [0.2, 0.25) is 0 Å². The quantitative estimate of drug-likeness (QED) is 0.557. The third-order valence-electron chi connectivity index (χ3n) is 4.37. The highest BCUT2D eigenvalue weighted by Crippen LogP contribution is 2.23. The number of nitrogens with one attached hydrogen (secondary N) is 1. The standard InChI is InChI=1S/C21H20N4O2/c1-13-7-5-6-8-19(13)23-21(26)18(12-22)11-17-9-14(2)25(16(17)4)20-10-15(3)27-24-20/h5-11H,1-4H3,(H,23,26)/b18-11+. The second-order valence-corrected chi connectivity index (χ2v) is 6.40. The molecule has 0 saturated carbocycles. The van der Waals surface area contributed by atoms with Gasteiger partial charge in [-0.15, -0.1) is 0 Å². The van der Waals surface area contributed by atoms with Crippen molar-refractivity contribution < 1.29 is 9.32 Å². The van der Waals surface area contributed by atoms with Crippen LogP contribution in [0.4, 0.5) is 5.69 Å². The van der Waals surface area contributed by atoms with Crippen molar-refractivity contribution >= 4 is 17.7 Å². The molecule has 0 spiro atoms. The Balaban J connectivity index is 1.94. The second-order valence-electron chi connectivity index (χ2n) is 6.40.